The van der Waals surface area contributed by atoms with Gasteiger partial charge in [0, 0.05) is 6.42 Å². The summed E-state index contributed by atoms with van der Waals surface area (Å²) in [6, 6.07) is 7.03. The van der Waals surface area contributed by atoms with E-state index in [1.807, 2.05) is 6.92 Å². The number of nitrogens with one attached hydrogen (secondary N) is 2. The van der Waals surface area contributed by atoms with Crippen LogP contribution in [0.1, 0.15) is 20.3 Å². The fraction of sp³-hybridized carbons (Fsp3) is 0.667. The highest BCUT2D eigenvalue weighted by Gasteiger charge is 2.42. The number of benzene rings is 1. The Balaban J connectivity index is 1.74. The summed E-state index contributed by atoms with van der Waals surface area (Å²) in [4.78, 5) is 0. The minimum absolute atomic E-state index is 0.220. The highest BCUT2D eigenvalue weighted by molar-refractivity contribution is 5.69. The molecule has 7 N–H and O–H groups in total. The SMILES string of the molecule is C[C@@H]1C[C@H](O)[C@H](O)[C@H](Nc2ccccc2N[C@@H]2O[C@H](C)[C@H](O)[C@H](O)[C@H]2O)O1. The first-order valence-electron chi connectivity index (χ1n) is 9.11. The lowest BCUT2D eigenvalue weighted by atomic mass is 9.99. The minimum Gasteiger partial charge on any atom is -0.390 e. The molecule has 2 heterocycles. The van der Waals surface area contributed by atoms with Crippen LogP contribution in [-0.4, -0.2) is 80.7 Å². The Morgan fingerprint density at radius 3 is 1.93 bits per heavy atom. The summed E-state index contributed by atoms with van der Waals surface area (Å²) in [6.07, 6.45) is -8.14. The number of aliphatic hydroxyl groups is 5. The van der Waals surface area contributed by atoms with E-state index in [4.69, 9.17) is 9.47 Å². The van der Waals surface area contributed by atoms with Crippen molar-refractivity contribution in [2.45, 2.75) is 75.5 Å². The molecule has 9 heteroatoms. The fourth-order valence-corrected chi connectivity index (χ4v) is 3.40. The molecular formula is C18H28N2O7. The van der Waals surface area contributed by atoms with Gasteiger partial charge in [0.1, 0.15) is 24.4 Å². The van der Waals surface area contributed by atoms with Crippen LogP contribution in [0.4, 0.5) is 11.4 Å². The summed E-state index contributed by atoms with van der Waals surface area (Å²) in [5, 5.41) is 56.2. The Morgan fingerprint density at radius 2 is 1.33 bits per heavy atom. The first-order valence-corrected chi connectivity index (χ1v) is 9.11. The van der Waals surface area contributed by atoms with Crippen molar-refractivity contribution in [2.24, 2.45) is 0 Å². The van der Waals surface area contributed by atoms with Gasteiger partial charge in [0.15, 0.2) is 12.5 Å². The Morgan fingerprint density at radius 1 is 0.778 bits per heavy atom. The average Bonchev–Trinajstić information content (AvgIpc) is 2.63. The maximum Gasteiger partial charge on any atom is 0.157 e. The number of anilines is 2. The lowest BCUT2D eigenvalue weighted by Gasteiger charge is -2.40. The summed E-state index contributed by atoms with van der Waals surface area (Å²) in [5.74, 6) is 0. The van der Waals surface area contributed by atoms with Crippen molar-refractivity contribution in [1.82, 2.24) is 0 Å². The van der Waals surface area contributed by atoms with Gasteiger partial charge in [-0.15, -0.1) is 0 Å². The van der Waals surface area contributed by atoms with Gasteiger partial charge in [-0.2, -0.15) is 0 Å². The molecule has 2 aliphatic rings. The zero-order valence-corrected chi connectivity index (χ0v) is 15.3. The number of ether oxygens (including phenoxy) is 2. The molecule has 152 valence electrons. The average molecular weight is 384 g/mol. The highest BCUT2D eigenvalue weighted by Crippen LogP contribution is 2.29. The largest absolute Gasteiger partial charge is 0.390 e. The van der Waals surface area contributed by atoms with Crippen molar-refractivity contribution in [2.75, 3.05) is 10.6 Å². The summed E-state index contributed by atoms with van der Waals surface area (Å²) in [7, 11) is 0. The van der Waals surface area contributed by atoms with Crippen LogP contribution in [0.5, 0.6) is 0 Å². The van der Waals surface area contributed by atoms with Crippen LogP contribution >= 0.6 is 0 Å². The van der Waals surface area contributed by atoms with Gasteiger partial charge >= 0.3 is 0 Å². The lowest BCUT2D eigenvalue weighted by molar-refractivity contribution is -0.209. The second-order valence-electron chi connectivity index (χ2n) is 7.23. The van der Waals surface area contributed by atoms with Crippen LogP contribution in [0.25, 0.3) is 0 Å². The summed E-state index contributed by atoms with van der Waals surface area (Å²) < 4.78 is 11.3. The first kappa shape index (κ1) is 20.3. The van der Waals surface area contributed by atoms with E-state index in [2.05, 4.69) is 10.6 Å². The predicted octanol–water partition coefficient (Wildman–Crippen LogP) is -0.805. The monoisotopic (exact) mass is 384 g/mol. The van der Waals surface area contributed by atoms with E-state index in [0.717, 1.165) is 0 Å². The van der Waals surface area contributed by atoms with Gasteiger partial charge in [0.25, 0.3) is 0 Å². The van der Waals surface area contributed by atoms with Crippen LogP contribution in [-0.2, 0) is 9.47 Å². The Kier molecular flexibility index (Phi) is 6.21. The van der Waals surface area contributed by atoms with E-state index in [9.17, 15) is 25.5 Å². The van der Waals surface area contributed by atoms with Gasteiger partial charge in [-0.3, -0.25) is 0 Å². The molecule has 0 aromatic heterocycles. The molecular weight excluding hydrogens is 356 g/mol. The molecule has 3 rings (SSSR count). The number of hydrogen-bond donors (Lipinski definition) is 7. The summed E-state index contributed by atoms with van der Waals surface area (Å²) >= 11 is 0. The normalized spacial score (nSPS) is 42.6. The molecule has 9 nitrogen and oxygen atoms in total. The van der Waals surface area contributed by atoms with E-state index in [-0.39, 0.29) is 6.10 Å². The van der Waals surface area contributed by atoms with Gasteiger partial charge < -0.3 is 45.6 Å². The molecule has 2 aliphatic heterocycles. The second kappa shape index (κ2) is 8.27. The van der Waals surface area contributed by atoms with Crippen molar-refractivity contribution in [3.05, 3.63) is 24.3 Å². The third kappa shape index (κ3) is 4.35. The number of rotatable bonds is 4. The van der Waals surface area contributed by atoms with Crippen molar-refractivity contribution in [1.29, 1.82) is 0 Å². The van der Waals surface area contributed by atoms with Crippen LogP contribution in [0.3, 0.4) is 0 Å². The van der Waals surface area contributed by atoms with Gasteiger partial charge in [-0.25, -0.2) is 0 Å². The second-order valence-corrected chi connectivity index (χ2v) is 7.23. The standard InChI is InChI=1S/C18H28N2O7/c1-8-7-12(21)14(23)17(26-8)19-10-5-3-4-6-11(10)20-18-16(25)15(24)13(22)9(2)27-18/h3-6,8-9,12-25H,7H2,1-2H3/t8-,9-,12+,13+,14+,15+,16-,17-,18-/m1/s1. The van der Waals surface area contributed by atoms with E-state index in [0.29, 0.717) is 17.8 Å². The summed E-state index contributed by atoms with van der Waals surface area (Å²) in [5.41, 5.74) is 1.10. The molecule has 0 radical (unpaired) electrons. The zero-order valence-electron chi connectivity index (χ0n) is 15.3. The van der Waals surface area contributed by atoms with Crippen LogP contribution in [0.15, 0.2) is 24.3 Å². The quantitative estimate of drug-likeness (QED) is 0.355. The molecule has 0 amide bonds. The molecule has 0 saturated carbocycles. The van der Waals surface area contributed by atoms with E-state index < -0.39 is 49.1 Å². The van der Waals surface area contributed by atoms with Crippen molar-refractivity contribution < 1.29 is 35.0 Å². The van der Waals surface area contributed by atoms with Crippen LogP contribution in [0.2, 0.25) is 0 Å². The van der Waals surface area contributed by atoms with E-state index in [1.54, 1.807) is 31.2 Å². The summed E-state index contributed by atoms with van der Waals surface area (Å²) in [6.45, 7) is 3.42. The molecule has 9 atom stereocenters. The number of para-hydroxylation sites is 2. The highest BCUT2D eigenvalue weighted by atomic mass is 16.5. The van der Waals surface area contributed by atoms with Gasteiger partial charge in [-0.05, 0) is 26.0 Å². The van der Waals surface area contributed by atoms with Crippen LogP contribution in [0, 0.1) is 0 Å². The Labute approximate surface area is 157 Å². The molecule has 0 spiro atoms. The van der Waals surface area contributed by atoms with Gasteiger partial charge in [0.2, 0.25) is 0 Å². The topological polar surface area (TPSA) is 144 Å². The molecule has 1 aromatic rings. The third-order valence-corrected chi connectivity index (χ3v) is 5.03. The molecule has 1 aromatic carbocycles. The molecule has 27 heavy (non-hydrogen) atoms. The Hall–Kier alpha value is -1.46. The number of aliphatic hydroxyl groups excluding tert-OH is 5. The first-order chi connectivity index (χ1) is 12.8. The zero-order chi connectivity index (χ0) is 19.7. The predicted molar refractivity (Wildman–Crippen MR) is 97.0 cm³/mol. The van der Waals surface area contributed by atoms with Crippen LogP contribution < -0.4 is 10.6 Å². The van der Waals surface area contributed by atoms with Crippen molar-refractivity contribution in [3.63, 3.8) is 0 Å². The minimum atomic E-state index is -1.34. The maximum atomic E-state index is 10.2. The van der Waals surface area contributed by atoms with Crippen molar-refractivity contribution >= 4 is 11.4 Å². The van der Waals surface area contributed by atoms with Gasteiger partial charge in [-0.1, -0.05) is 12.1 Å². The molecule has 0 unspecified atom stereocenters. The molecule has 0 bridgehead atoms. The molecule has 0 aliphatic carbocycles. The third-order valence-electron chi connectivity index (χ3n) is 5.03. The van der Waals surface area contributed by atoms with E-state index in [1.165, 1.54) is 0 Å². The number of hydrogen-bond acceptors (Lipinski definition) is 9. The molecule has 2 fully saturated rings. The fourth-order valence-electron chi connectivity index (χ4n) is 3.40. The Bertz CT molecular complexity index is 633. The molecule has 2 saturated heterocycles. The van der Waals surface area contributed by atoms with E-state index >= 15 is 0 Å². The lowest BCUT2D eigenvalue weighted by Crippen LogP contribution is -2.58. The maximum absolute atomic E-state index is 10.2. The van der Waals surface area contributed by atoms with Gasteiger partial charge in [0.05, 0.1) is 29.7 Å². The van der Waals surface area contributed by atoms with Crippen molar-refractivity contribution in [3.8, 4) is 0 Å². The smallest absolute Gasteiger partial charge is 0.157 e.